The predicted octanol–water partition coefficient (Wildman–Crippen LogP) is 0.895. The summed E-state index contributed by atoms with van der Waals surface area (Å²) in [6, 6.07) is 11.7. The van der Waals surface area contributed by atoms with Crippen molar-refractivity contribution in [2.24, 2.45) is 0 Å². The highest BCUT2D eigenvalue weighted by atomic mass is 35.5. The minimum Gasteiger partial charge on any atom is -1.00 e. The maximum absolute atomic E-state index is 6.26. The van der Waals surface area contributed by atoms with Crippen molar-refractivity contribution in [3.63, 3.8) is 0 Å². The van der Waals surface area contributed by atoms with Crippen LogP contribution in [0.15, 0.2) is 36.4 Å². The van der Waals surface area contributed by atoms with Crippen LogP contribution in [0.1, 0.15) is 19.8 Å². The summed E-state index contributed by atoms with van der Waals surface area (Å²) in [5.74, 6) is 2.99. The van der Waals surface area contributed by atoms with Crippen LogP contribution in [0, 0.1) is 0 Å². The van der Waals surface area contributed by atoms with E-state index in [1.54, 1.807) is 6.07 Å². The fourth-order valence-electron chi connectivity index (χ4n) is 2.96. The molecule has 0 aromatic heterocycles. The minimum atomic E-state index is 0. The van der Waals surface area contributed by atoms with Gasteiger partial charge in [0.25, 0.3) is 0 Å². The number of benzene rings is 2. The highest BCUT2D eigenvalue weighted by molar-refractivity contribution is 6.31. The molecule has 5 nitrogen and oxygen atoms in total. The first kappa shape index (κ1) is 19.0. The van der Waals surface area contributed by atoms with Gasteiger partial charge in [-0.2, -0.15) is 0 Å². The zero-order valence-corrected chi connectivity index (χ0v) is 15.7. The third-order valence-corrected chi connectivity index (χ3v) is 4.73. The third-order valence-electron chi connectivity index (χ3n) is 4.37. The fourth-order valence-corrected chi connectivity index (χ4v) is 3.17. The van der Waals surface area contributed by atoms with Crippen LogP contribution in [0.3, 0.4) is 0 Å². The molecule has 0 spiro atoms. The monoisotopic (exact) mass is 397 g/mol. The molecule has 0 unspecified atom stereocenters. The Kier molecular flexibility index (Phi) is 6.35. The van der Waals surface area contributed by atoms with Crippen LogP contribution in [-0.4, -0.2) is 26.0 Å². The molecule has 2 aliphatic heterocycles. The van der Waals surface area contributed by atoms with Crippen LogP contribution < -0.4 is 36.7 Å². The first-order valence-corrected chi connectivity index (χ1v) is 8.83. The van der Waals surface area contributed by atoms with E-state index in [2.05, 4.69) is 5.32 Å². The lowest BCUT2D eigenvalue weighted by molar-refractivity contribution is -0.00000724. The molecule has 0 aliphatic carbocycles. The zero-order valence-electron chi connectivity index (χ0n) is 15.2. The van der Waals surface area contributed by atoms with Crippen molar-refractivity contribution in [1.82, 2.24) is 5.32 Å². The highest BCUT2D eigenvalue weighted by Crippen LogP contribution is 2.37. The molecule has 0 radical (unpaired) electrons. The Labute approximate surface area is 165 Å². The quantitative estimate of drug-likeness (QED) is 0.784. The first-order valence-electron chi connectivity index (χ1n) is 8.45. The summed E-state index contributed by atoms with van der Waals surface area (Å²) in [7, 11) is 0. The van der Waals surface area contributed by atoms with Crippen molar-refractivity contribution in [3.8, 4) is 23.0 Å². The predicted molar refractivity (Wildman–Crippen MR) is 96.0 cm³/mol. The maximum Gasteiger partial charge on any atom is 1.00 e. The van der Waals surface area contributed by atoms with Gasteiger partial charge in [-0.1, -0.05) is 11.6 Å². The van der Waals surface area contributed by atoms with Gasteiger partial charge in [0.15, 0.2) is 11.5 Å². The SMILES string of the molecule is Clc1cc2c(cc1COc1ccc(OC[C@H]3CCCN3)cc1)OCO2.[Cl-].[H+]. The number of nitrogens with one attached hydrogen (secondary N) is 1. The topological polar surface area (TPSA) is 49.0 Å². The number of halogens is 2. The van der Waals surface area contributed by atoms with Crippen LogP contribution in [-0.2, 0) is 6.61 Å². The first-order chi connectivity index (χ1) is 12.3. The fraction of sp³-hybridized carbons (Fsp3) is 0.368. The molecule has 1 fully saturated rings. The zero-order chi connectivity index (χ0) is 17.1. The average Bonchev–Trinajstić information content (AvgIpc) is 3.30. The molecule has 4 rings (SSSR count). The molecule has 2 heterocycles. The second-order valence-electron chi connectivity index (χ2n) is 6.16. The summed E-state index contributed by atoms with van der Waals surface area (Å²) < 4.78 is 22.3. The summed E-state index contributed by atoms with van der Waals surface area (Å²) in [6.45, 7) is 2.38. The molecule has 0 saturated carbocycles. The lowest BCUT2D eigenvalue weighted by Gasteiger charge is -2.13. The van der Waals surface area contributed by atoms with Gasteiger partial charge in [0, 0.05) is 17.7 Å². The number of fused-ring (bicyclic) bond motifs is 1. The summed E-state index contributed by atoms with van der Waals surface area (Å²) in [5.41, 5.74) is 0.860. The van der Waals surface area contributed by atoms with Gasteiger partial charge in [-0.25, -0.2) is 0 Å². The Morgan fingerprint density at radius 3 is 2.46 bits per heavy atom. The standard InChI is InChI=1S/C19H20ClNO4.ClH/c20-17-9-19-18(24-12-25-19)8-13(17)10-22-15-3-5-16(6-4-15)23-11-14-2-1-7-21-14;/h3-6,8-9,14,21H,1-2,7,10-12H2;1H/t14-;/m1./s1. The molecular formula is C19H21Cl2NO4. The van der Waals surface area contributed by atoms with Gasteiger partial charge >= 0.3 is 1.43 Å². The molecule has 2 aromatic rings. The van der Waals surface area contributed by atoms with Crippen molar-refractivity contribution in [1.29, 1.82) is 0 Å². The maximum atomic E-state index is 6.26. The molecule has 1 saturated heterocycles. The minimum absolute atomic E-state index is 0. The molecule has 1 atom stereocenters. The van der Waals surface area contributed by atoms with Gasteiger partial charge in [0.1, 0.15) is 24.7 Å². The van der Waals surface area contributed by atoms with Gasteiger partial charge in [0.2, 0.25) is 6.79 Å². The summed E-state index contributed by atoms with van der Waals surface area (Å²) in [6.07, 6.45) is 2.40. The van der Waals surface area contributed by atoms with Crippen LogP contribution in [0.5, 0.6) is 23.0 Å². The van der Waals surface area contributed by atoms with E-state index in [-0.39, 0.29) is 20.6 Å². The van der Waals surface area contributed by atoms with Gasteiger partial charge in [0.05, 0.1) is 5.02 Å². The van der Waals surface area contributed by atoms with Crippen LogP contribution in [0.4, 0.5) is 0 Å². The summed E-state index contributed by atoms with van der Waals surface area (Å²) in [5, 5.41) is 4.02. The normalized spacial score (nSPS) is 17.7. The lowest BCUT2D eigenvalue weighted by Crippen LogP contribution is -3.00. The molecule has 140 valence electrons. The van der Waals surface area contributed by atoms with Crippen molar-refractivity contribution >= 4 is 11.6 Å². The van der Waals surface area contributed by atoms with Crippen LogP contribution in [0.25, 0.3) is 0 Å². The Morgan fingerprint density at radius 2 is 1.77 bits per heavy atom. The third kappa shape index (κ3) is 4.47. The molecule has 0 bridgehead atoms. The Hall–Kier alpha value is -1.82. The molecule has 2 aliphatic rings. The molecule has 0 amide bonds. The van der Waals surface area contributed by atoms with E-state index < -0.39 is 0 Å². The van der Waals surface area contributed by atoms with Gasteiger partial charge < -0.3 is 36.7 Å². The summed E-state index contributed by atoms with van der Waals surface area (Å²) >= 11 is 6.26. The molecule has 26 heavy (non-hydrogen) atoms. The van der Waals surface area contributed by atoms with Crippen molar-refractivity contribution in [3.05, 3.63) is 47.0 Å². The van der Waals surface area contributed by atoms with E-state index in [0.29, 0.717) is 35.8 Å². The van der Waals surface area contributed by atoms with Crippen LogP contribution >= 0.6 is 11.6 Å². The molecular weight excluding hydrogens is 377 g/mol. The van der Waals surface area contributed by atoms with E-state index in [1.165, 1.54) is 12.8 Å². The van der Waals surface area contributed by atoms with Crippen molar-refractivity contribution in [2.45, 2.75) is 25.5 Å². The largest absolute Gasteiger partial charge is 1.00 e. The van der Waals surface area contributed by atoms with E-state index >= 15 is 0 Å². The Bertz CT molecular complexity index is 739. The van der Waals surface area contributed by atoms with Crippen LogP contribution in [0.2, 0.25) is 5.02 Å². The van der Waals surface area contributed by atoms with E-state index in [4.69, 9.17) is 30.5 Å². The van der Waals surface area contributed by atoms with E-state index in [0.717, 1.165) is 23.6 Å². The Balaban J connectivity index is 0.00000131. The lowest BCUT2D eigenvalue weighted by atomic mass is 10.2. The van der Waals surface area contributed by atoms with Crippen molar-refractivity contribution < 1.29 is 32.8 Å². The molecule has 7 heteroatoms. The molecule has 1 N–H and O–H groups in total. The number of ether oxygens (including phenoxy) is 4. The molecule has 2 aromatic carbocycles. The number of hydrogen-bond donors (Lipinski definition) is 1. The highest BCUT2D eigenvalue weighted by Gasteiger charge is 2.17. The smallest absolute Gasteiger partial charge is 1.00 e. The van der Waals surface area contributed by atoms with E-state index in [9.17, 15) is 0 Å². The van der Waals surface area contributed by atoms with Crippen molar-refractivity contribution in [2.75, 3.05) is 19.9 Å². The van der Waals surface area contributed by atoms with Gasteiger partial charge in [-0.3, -0.25) is 0 Å². The van der Waals surface area contributed by atoms with Gasteiger partial charge in [-0.05, 0) is 49.7 Å². The number of hydrogen-bond acceptors (Lipinski definition) is 5. The average molecular weight is 398 g/mol. The van der Waals surface area contributed by atoms with E-state index in [1.807, 2.05) is 30.3 Å². The number of rotatable bonds is 6. The second kappa shape index (κ2) is 8.71. The second-order valence-corrected chi connectivity index (χ2v) is 6.57. The van der Waals surface area contributed by atoms with Gasteiger partial charge in [-0.15, -0.1) is 0 Å². The Morgan fingerprint density at radius 1 is 1.08 bits per heavy atom. The summed E-state index contributed by atoms with van der Waals surface area (Å²) in [4.78, 5) is 0.